The molecule has 1 unspecified atom stereocenters. The van der Waals surface area contributed by atoms with Crippen molar-refractivity contribution in [2.45, 2.75) is 38.8 Å². The summed E-state index contributed by atoms with van der Waals surface area (Å²) in [4.78, 5) is 11.7. The SMILES string of the molecule is CCC(N)CC(=O)NCc1cc(Br)cc2c1OCC2. The van der Waals surface area contributed by atoms with E-state index in [1.54, 1.807) is 0 Å². The topological polar surface area (TPSA) is 64.4 Å². The first-order valence-electron chi connectivity index (χ1n) is 6.56. The van der Waals surface area contributed by atoms with Gasteiger partial charge in [-0.15, -0.1) is 0 Å². The highest BCUT2D eigenvalue weighted by molar-refractivity contribution is 9.10. The molecule has 19 heavy (non-hydrogen) atoms. The summed E-state index contributed by atoms with van der Waals surface area (Å²) < 4.78 is 6.64. The summed E-state index contributed by atoms with van der Waals surface area (Å²) in [6, 6.07) is 4.00. The molecule has 1 heterocycles. The molecule has 0 radical (unpaired) electrons. The summed E-state index contributed by atoms with van der Waals surface area (Å²) in [5.74, 6) is 0.907. The number of ether oxygens (including phenoxy) is 1. The minimum Gasteiger partial charge on any atom is -0.493 e. The minimum absolute atomic E-state index is 0.0129. The molecule has 1 aromatic carbocycles. The molecule has 104 valence electrons. The van der Waals surface area contributed by atoms with Gasteiger partial charge < -0.3 is 15.8 Å². The smallest absolute Gasteiger partial charge is 0.221 e. The average Bonchev–Trinajstić information content (AvgIpc) is 2.83. The van der Waals surface area contributed by atoms with Crippen LogP contribution < -0.4 is 15.8 Å². The molecule has 0 saturated carbocycles. The monoisotopic (exact) mass is 326 g/mol. The number of nitrogens with two attached hydrogens (primary N) is 1. The zero-order valence-electron chi connectivity index (χ0n) is 11.0. The summed E-state index contributed by atoms with van der Waals surface area (Å²) in [7, 11) is 0. The number of halogens is 1. The standard InChI is InChI=1S/C14H19BrN2O2/c1-2-12(16)7-13(18)17-8-10-6-11(15)5-9-3-4-19-14(9)10/h5-6,12H,2-4,7-8,16H2,1H3,(H,17,18). The lowest BCUT2D eigenvalue weighted by Crippen LogP contribution is -2.31. The van der Waals surface area contributed by atoms with Crippen molar-refractivity contribution in [2.24, 2.45) is 5.73 Å². The molecule has 1 amide bonds. The third kappa shape index (κ3) is 3.70. The Morgan fingerprint density at radius 1 is 1.58 bits per heavy atom. The molecule has 3 N–H and O–H groups in total. The molecule has 1 aliphatic heterocycles. The largest absolute Gasteiger partial charge is 0.493 e. The lowest BCUT2D eigenvalue weighted by Gasteiger charge is -2.12. The van der Waals surface area contributed by atoms with Crippen LogP contribution in [-0.4, -0.2) is 18.6 Å². The fraction of sp³-hybridized carbons (Fsp3) is 0.500. The predicted molar refractivity (Wildman–Crippen MR) is 78.1 cm³/mol. The van der Waals surface area contributed by atoms with E-state index in [1.807, 2.05) is 13.0 Å². The number of nitrogens with one attached hydrogen (secondary N) is 1. The Bertz CT molecular complexity index is 477. The van der Waals surface area contributed by atoms with Gasteiger partial charge >= 0.3 is 0 Å². The Balaban J connectivity index is 1.98. The van der Waals surface area contributed by atoms with Crippen molar-refractivity contribution in [1.29, 1.82) is 0 Å². The van der Waals surface area contributed by atoms with Gasteiger partial charge in [0, 0.05) is 35.5 Å². The average molecular weight is 327 g/mol. The van der Waals surface area contributed by atoms with Crippen LogP contribution in [0.25, 0.3) is 0 Å². The van der Waals surface area contributed by atoms with Crippen molar-refractivity contribution < 1.29 is 9.53 Å². The maximum Gasteiger partial charge on any atom is 0.221 e. The maximum absolute atomic E-state index is 11.7. The first kappa shape index (κ1) is 14.3. The van der Waals surface area contributed by atoms with Crippen LogP contribution in [0.5, 0.6) is 5.75 Å². The molecule has 1 atom stereocenters. The molecular weight excluding hydrogens is 308 g/mol. The number of benzene rings is 1. The van der Waals surface area contributed by atoms with E-state index in [-0.39, 0.29) is 11.9 Å². The van der Waals surface area contributed by atoms with E-state index in [0.717, 1.165) is 28.6 Å². The fourth-order valence-electron chi connectivity index (χ4n) is 2.13. The van der Waals surface area contributed by atoms with Crippen molar-refractivity contribution in [2.75, 3.05) is 6.61 Å². The molecule has 0 fully saturated rings. The van der Waals surface area contributed by atoms with Gasteiger partial charge in [0.1, 0.15) is 5.75 Å². The number of hydrogen-bond donors (Lipinski definition) is 2. The highest BCUT2D eigenvalue weighted by Crippen LogP contribution is 2.32. The number of carbonyl (C=O) groups excluding carboxylic acids is 1. The first-order valence-corrected chi connectivity index (χ1v) is 7.35. The van der Waals surface area contributed by atoms with Crippen LogP contribution in [0, 0.1) is 0 Å². The Morgan fingerprint density at radius 2 is 2.37 bits per heavy atom. The molecule has 1 aliphatic rings. The van der Waals surface area contributed by atoms with Crippen LogP contribution in [0.4, 0.5) is 0 Å². The van der Waals surface area contributed by atoms with E-state index in [9.17, 15) is 4.79 Å². The van der Waals surface area contributed by atoms with Crippen LogP contribution in [-0.2, 0) is 17.8 Å². The van der Waals surface area contributed by atoms with E-state index >= 15 is 0 Å². The Morgan fingerprint density at radius 3 is 3.11 bits per heavy atom. The molecule has 1 aromatic rings. The fourth-order valence-corrected chi connectivity index (χ4v) is 2.68. The van der Waals surface area contributed by atoms with Gasteiger partial charge in [-0.2, -0.15) is 0 Å². The Labute approximate surface area is 121 Å². The summed E-state index contributed by atoms with van der Waals surface area (Å²) in [5.41, 5.74) is 7.98. The molecule has 0 bridgehead atoms. The van der Waals surface area contributed by atoms with E-state index in [0.29, 0.717) is 19.6 Å². The number of carbonyl (C=O) groups is 1. The summed E-state index contributed by atoms with van der Waals surface area (Å²) in [6.07, 6.45) is 2.10. The van der Waals surface area contributed by atoms with Crippen LogP contribution in [0.1, 0.15) is 30.9 Å². The van der Waals surface area contributed by atoms with Gasteiger partial charge in [0.05, 0.1) is 6.61 Å². The highest BCUT2D eigenvalue weighted by Gasteiger charge is 2.18. The normalized spacial score (nSPS) is 14.7. The molecule has 0 aliphatic carbocycles. The van der Waals surface area contributed by atoms with Crippen molar-refractivity contribution >= 4 is 21.8 Å². The van der Waals surface area contributed by atoms with Gasteiger partial charge in [-0.3, -0.25) is 4.79 Å². The quantitative estimate of drug-likeness (QED) is 0.871. The molecule has 0 spiro atoms. The predicted octanol–water partition coefficient (Wildman–Crippen LogP) is 2.13. The summed E-state index contributed by atoms with van der Waals surface area (Å²) in [6.45, 7) is 3.18. The number of hydrogen-bond acceptors (Lipinski definition) is 3. The third-order valence-corrected chi connectivity index (χ3v) is 3.73. The Kier molecular flexibility index (Phi) is 4.82. The zero-order chi connectivity index (χ0) is 13.8. The molecular formula is C14H19BrN2O2. The zero-order valence-corrected chi connectivity index (χ0v) is 12.6. The molecule has 5 heteroatoms. The highest BCUT2D eigenvalue weighted by atomic mass is 79.9. The maximum atomic E-state index is 11.7. The Hall–Kier alpha value is -1.07. The second-order valence-electron chi connectivity index (χ2n) is 4.80. The van der Waals surface area contributed by atoms with Gasteiger partial charge in [-0.25, -0.2) is 0 Å². The second kappa shape index (κ2) is 6.39. The molecule has 4 nitrogen and oxygen atoms in total. The van der Waals surface area contributed by atoms with Gasteiger partial charge in [-0.05, 0) is 24.1 Å². The van der Waals surface area contributed by atoms with Crippen LogP contribution in [0.2, 0.25) is 0 Å². The van der Waals surface area contributed by atoms with Gasteiger partial charge in [0.25, 0.3) is 0 Å². The summed E-state index contributed by atoms with van der Waals surface area (Å²) >= 11 is 3.49. The second-order valence-corrected chi connectivity index (χ2v) is 5.72. The van der Waals surface area contributed by atoms with Gasteiger partial charge in [0.15, 0.2) is 0 Å². The van der Waals surface area contributed by atoms with Gasteiger partial charge in [0.2, 0.25) is 5.91 Å². The lowest BCUT2D eigenvalue weighted by atomic mass is 10.1. The van der Waals surface area contributed by atoms with E-state index < -0.39 is 0 Å². The van der Waals surface area contributed by atoms with Crippen molar-refractivity contribution in [3.05, 3.63) is 27.7 Å². The number of fused-ring (bicyclic) bond motifs is 1. The van der Waals surface area contributed by atoms with E-state index in [1.165, 1.54) is 5.56 Å². The van der Waals surface area contributed by atoms with E-state index in [2.05, 4.69) is 27.3 Å². The van der Waals surface area contributed by atoms with Crippen LogP contribution in [0.3, 0.4) is 0 Å². The van der Waals surface area contributed by atoms with Crippen molar-refractivity contribution in [3.8, 4) is 5.75 Å². The lowest BCUT2D eigenvalue weighted by molar-refractivity contribution is -0.121. The minimum atomic E-state index is -0.0653. The molecule has 2 rings (SSSR count). The van der Waals surface area contributed by atoms with Crippen LogP contribution >= 0.6 is 15.9 Å². The number of amides is 1. The first-order chi connectivity index (χ1) is 9.10. The third-order valence-electron chi connectivity index (χ3n) is 3.27. The van der Waals surface area contributed by atoms with Crippen molar-refractivity contribution in [1.82, 2.24) is 5.32 Å². The van der Waals surface area contributed by atoms with Crippen molar-refractivity contribution in [3.63, 3.8) is 0 Å². The molecule has 0 aromatic heterocycles. The molecule has 0 saturated heterocycles. The summed E-state index contributed by atoms with van der Waals surface area (Å²) in [5, 5.41) is 2.90. The number of rotatable bonds is 5. The van der Waals surface area contributed by atoms with Crippen LogP contribution in [0.15, 0.2) is 16.6 Å². The van der Waals surface area contributed by atoms with Gasteiger partial charge in [-0.1, -0.05) is 22.9 Å². The van der Waals surface area contributed by atoms with E-state index in [4.69, 9.17) is 10.5 Å².